The monoisotopic (exact) mass is 278 g/mol. The summed E-state index contributed by atoms with van der Waals surface area (Å²) in [4.78, 5) is 24.7. The molecule has 0 radical (unpaired) electrons. The normalized spacial score (nSPS) is 12.1. The number of carbonyl (C=O) groups excluding carboxylic acids is 2. The lowest BCUT2D eigenvalue weighted by atomic mass is 10.1. The number of rotatable bonds is 5. The predicted octanol–water partition coefficient (Wildman–Crippen LogP) is -0.170. The van der Waals surface area contributed by atoms with Crippen LogP contribution in [0.3, 0.4) is 0 Å². The van der Waals surface area contributed by atoms with Crippen LogP contribution in [-0.2, 0) is 9.59 Å². The maximum atomic E-state index is 11.7. The third-order valence-corrected chi connectivity index (χ3v) is 2.85. The first kappa shape index (κ1) is 16.2. The summed E-state index contributed by atoms with van der Waals surface area (Å²) in [6.07, 6.45) is 0. The van der Waals surface area contributed by atoms with E-state index in [4.69, 9.17) is 0 Å². The largest absolute Gasteiger partial charge is 0.347 e. The quantitative estimate of drug-likeness (QED) is 0.655. The van der Waals surface area contributed by atoms with Crippen molar-refractivity contribution in [1.82, 2.24) is 5.32 Å². The maximum Gasteiger partial charge on any atom is 0.313 e. The highest BCUT2D eigenvalue weighted by molar-refractivity contribution is 6.39. The van der Waals surface area contributed by atoms with Crippen molar-refractivity contribution in [3.63, 3.8) is 0 Å². The average Bonchev–Trinajstić information content (AvgIpc) is 2.35. The molecule has 1 atom stereocenters. The van der Waals surface area contributed by atoms with Crippen LogP contribution >= 0.6 is 0 Å². The number of nitrogens with one attached hydrogen (secondary N) is 3. The van der Waals surface area contributed by atoms with Gasteiger partial charge >= 0.3 is 11.8 Å². The van der Waals surface area contributed by atoms with Gasteiger partial charge in [0.15, 0.2) is 0 Å². The van der Waals surface area contributed by atoms with Crippen LogP contribution < -0.4 is 15.5 Å². The standard InChI is InChI=1S/C15H23N3O2/c1-11-6-5-7-13(8-11)17-15(20)14(19)16-9-12(2)10-18(3)4/h5-8,12H,9-10H2,1-4H3,(H,16,19)(H,17,20)/p+1/t12-/m0/s1. The number of carbonyl (C=O) groups is 2. The molecule has 0 aliphatic carbocycles. The summed E-state index contributed by atoms with van der Waals surface area (Å²) in [5.41, 5.74) is 1.67. The summed E-state index contributed by atoms with van der Waals surface area (Å²) < 4.78 is 0. The van der Waals surface area contributed by atoms with Crippen LogP contribution in [0.1, 0.15) is 12.5 Å². The van der Waals surface area contributed by atoms with Crippen LogP contribution in [-0.4, -0.2) is 39.0 Å². The summed E-state index contributed by atoms with van der Waals surface area (Å²) in [6, 6.07) is 7.35. The van der Waals surface area contributed by atoms with E-state index in [2.05, 4.69) is 24.7 Å². The third kappa shape index (κ3) is 5.84. The first-order valence-corrected chi connectivity index (χ1v) is 6.83. The van der Waals surface area contributed by atoms with E-state index in [0.717, 1.165) is 12.1 Å². The molecule has 0 aliphatic rings. The number of hydrogen-bond donors (Lipinski definition) is 3. The summed E-state index contributed by atoms with van der Waals surface area (Å²) in [6.45, 7) is 5.43. The van der Waals surface area contributed by atoms with Crippen LogP contribution in [0.4, 0.5) is 5.69 Å². The number of aryl methyl sites for hydroxylation is 1. The Kier molecular flexibility index (Phi) is 6.18. The molecule has 5 heteroatoms. The molecule has 1 rings (SSSR count). The molecule has 5 nitrogen and oxygen atoms in total. The Balaban J connectivity index is 2.42. The van der Waals surface area contributed by atoms with E-state index >= 15 is 0 Å². The van der Waals surface area contributed by atoms with Gasteiger partial charge in [0.05, 0.1) is 20.6 Å². The van der Waals surface area contributed by atoms with Crippen LogP contribution in [0.2, 0.25) is 0 Å². The van der Waals surface area contributed by atoms with Gasteiger partial charge in [0, 0.05) is 18.2 Å². The molecule has 0 spiro atoms. The molecule has 1 aromatic rings. The minimum absolute atomic E-state index is 0.329. The van der Waals surface area contributed by atoms with Gasteiger partial charge in [0.25, 0.3) is 0 Å². The summed E-state index contributed by atoms with van der Waals surface area (Å²) in [5.74, 6) is -0.886. The molecule has 0 aromatic heterocycles. The zero-order valence-electron chi connectivity index (χ0n) is 12.6. The minimum Gasteiger partial charge on any atom is -0.347 e. The zero-order valence-corrected chi connectivity index (χ0v) is 12.6. The Labute approximate surface area is 120 Å². The SMILES string of the molecule is Cc1cccc(NC(=O)C(=O)NC[C@H](C)C[NH+](C)C)c1. The molecule has 20 heavy (non-hydrogen) atoms. The average molecular weight is 278 g/mol. The van der Waals surface area contributed by atoms with Crippen molar-refractivity contribution in [2.24, 2.45) is 5.92 Å². The first-order valence-electron chi connectivity index (χ1n) is 6.83. The molecule has 0 saturated carbocycles. The summed E-state index contributed by atoms with van der Waals surface area (Å²) >= 11 is 0. The highest BCUT2D eigenvalue weighted by Crippen LogP contribution is 2.08. The summed E-state index contributed by atoms with van der Waals surface area (Å²) in [7, 11) is 4.12. The minimum atomic E-state index is -0.625. The Bertz CT molecular complexity index is 472. The molecule has 0 bridgehead atoms. The fourth-order valence-electron chi connectivity index (χ4n) is 2.03. The topological polar surface area (TPSA) is 62.6 Å². The van der Waals surface area contributed by atoms with E-state index in [9.17, 15) is 9.59 Å². The van der Waals surface area contributed by atoms with Crippen molar-refractivity contribution < 1.29 is 14.5 Å². The van der Waals surface area contributed by atoms with Crippen LogP contribution in [0.25, 0.3) is 0 Å². The molecule has 0 aliphatic heterocycles. The van der Waals surface area contributed by atoms with E-state index in [1.54, 1.807) is 6.07 Å². The smallest absolute Gasteiger partial charge is 0.313 e. The number of hydrogen-bond acceptors (Lipinski definition) is 2. The van der Waals surface area contributed by atoms with Crippen LogP contribution in [0, 0.1) is 12.8 Å². The number of benzene rings is 1. The Morgan fingerprint density at radius 1 is 1.25 bits per heavy atom. The van der Waals surface area contributed by atoms with Crippen molar-refractivity contribution >= 4 is 17.5 Å². The lowest BCUT2D eigenvalue weighted by molar-refractivity contribution is -0.861. The van der Waals surface area contributed by atoms with Gasteiger partial charge in [-0.3, -0.25) is 9.59 Å². The molecular formula is C15H24N3O2+. The Morgan fingerprint density at radius 2 is 1.95 bits per heavy atom. The fraction of sp³-hybridized carbons (Fsp3) is 0.467. The number of amides is 2. The van der Waals surface area contributed by atoms with Crippen molar-refractivity contribution in [2.45, 2.75) is 13.8 Å². The lowest BCUT2D eigenvalue weighted by Crippen LogP contribution is -3.06. The third-order valence-electron chi connectivity index (χ3n) is 2.85. The molecule has 110 valence electrons. The van der Waals surface area contributed by atoms with E-state index < -0.39 is 11.8 Å². The lowest BCUT2D eigenvalue weighted by Gasteiger charge is -2.15. The first-order chi connectivity index (χ1) is 9.38. The van der Waals surface area contributed by atoms with Gasteiger partial charge in [-0.25, -0.2) is 0 Å². The molecule has 2 amide bonds. The second-order valence-electron chi connectivity index (χ2n) is 5.55. The maximum absolute atomic E-state index is 11.7. The highest BCUT2D eigenvalue weighted by atomic mass is 16.2. The molecule has 0 unspecified atom stereocenters. The number of quaternary nitrogens is 1. The summed E-state index contributed by atoms with van der Waals surface area (Å²) in [5, 5.41) is 5.25. The van der Waals surface area contributed by atoms with Gasteiger partial charge in [0.1, 0.15) is 0 Å². The fourth-order valence-corrected chi connectivity index (χ4v) is 2.03. The zero-order chi connectivity index (χ0) is 15.1. The van der Waals surface area contributed by atoms with E-state index in [-0.39, 0.29) is 0 Å². The molecule has 0 saturated heterocycles. The van der Waals surface area contributed by atoms with Crippen molar-refractivity contribution in [3.8, 4) is 0 Å². The van der Waals surface area contributed by atoms with Gasteiger partial charge in [-0.2, -0.15) is 0 Å². The number of anilines is 1. The van der Waals surface area contributed by atoms with Gasteiger partial charge in [-0.05, 0) is 24.6 Å². The highest BCUT2D eigenvalue weighted by Gasteiger charge is 2.15. The van der Waals surface area contributed by atoms with Crippen molar-refractivity contribution in [1.29, 1.82) is 0 Å². The van der Waals surface area contributed by atoms with Gasteiger partial charge < -0.3 is 15.5 Å². The van der Waals surface area contributed by atoms with Gasteiger partial charge in [-0.1, -0.05) is 19.1 Å². The molecule has 3 N–H and O–H groups in total. The second-order valence-corrected chi connectivity index (χ2v) is 5.55. The van der Waals surface area contributed by atoms with Crippen LogP contribution in [0.15, 0.2) is 24.3 Å². The molecule has 0 fully saturated rings. The molecule has 1 aromatic carbocycles. The van der Waals surface area contributed by atoms with Gasteiger partial charge in [-0.15, -0.1) is 0 Å². The molecule has 0 heterocycles. The van der Waals surface area contributed by atoms with E-state index in [1.165, 1.54) is 4.90 Å². The van der Waals surface area contributed by atoms with E-state index in [0.29, 0.717) is 18.2 Å². The van der Waals surface area contributed by atoms with E-state index in [1.807, 2.05) is 32.0 Å². The molecular weight excluding hydrogens is 254 g/mol. The van der Waals surface area contributed by atoms with Gasteiger partial charge in [0.2, 0.25) is 0 Å². The Morgan fingerprint density at radius 3 is 2.55 bits per heavy atom. The Hall–Kier alpha value is -1.88. The van der Waals surface area contributed by atoms with Crippen molar-refractivity contribution in [3.05, 3.63) is 29.8 Å². The van der Waals surface area contributed by atoms with Crippen LogP contribution in [0.5, 0.6) is 0 Å². The second kappa shape index (κ2) is 7.65. The predicted molar refractivity (Wildman–Crippen MR) is 79.7 cm³/mol. The van der Waals surface area contributed by atoms with Crippen molar-refractivity contribution in [2.75, 3.05) is 32.5 Å².